The number of methoxy groups -OCH3 is 1. The number of fused-ring (bicyclic) bond motifs is 1. The average molecular weight is 440 g/mol. The van der Waals surface area contributed by atoms with Crippen molar-refractivity contribution >= 4 is 21.8 Å². The zero-order valence-electron chi connectivity index (χ0n) is 16.0. The van der Waals surface area contributed by atoms with E-state index < -0.39 is 17.7 Å². The van der Waals surface area contributed by atoms with Crippen LogP contribution in [0.2, 0.25) is 0 Å². The van der Waals surface area contributed by atoms with E-state index in [0.29, 0.717) is 16.6 Å². The molecule has 2 aliphatic rings. The summed E-state index contributed by atoms with van der Waals surface area (Å²) < 4.78 is 12.1. The summed E-state index contributed by atoms with van der Waals surface area (Å²) in [6.45, 7) is 5.41. The number of aromatic hydroxyl groups is 1. The molecule has 3 rings (SSSR count). The molecule has 0 aromatic heterocycles. The van der Waals surface area contributed by atoms with Crippen molar-refractivity contribution in [1.82, 2.24) is 5.32 Å². The molecule has 1 aromatic carbocycles. The Bertz CT molecular complexity index is 780. The van der Waals surface area contributed by atoms with Gasteiger partial charge in [-0.3, -0.25) is 4.79 Å². The van der Waals surface area contributed by atoms with Crippen molar-refractivity contribution in [2.45, 2.75) is 57.5 Å². The lowest BCUT2D eigenvalue weighted by Crippen LogP contribution is -2.62. The summed E-state index contributed by atoms with van der Waals surface area (Å²) >= 11 is 3.35. The van der Waals surface area contributed by atoms with E-state index in [-0.39, 0.29) is 23.7 Å². The summed E-state index contributed by atoms with van der Waals surface area (Å²) in [4.78, 5) is 11.9. The summed E-state index contributed by atoms with van der Waals surface area (Å²) in [6.07, 6.45) is 1.80. The smallest absolute Gasteiger partial charge is 0.217 e. The Hall–Kier alpha value is -1.57. The maximum absolute atomic E-state index is 11.9. The number of carbonyl (C=O) groups is 1. The normalized spacial score (nSPS) is 33.0. The second kappa shape index (κ2) is 7.45. The minimum Gasteiger partial charge on any atom is -0.503 e. The number of amides is 1. The van der Waals surface area contributed by atoms with Crippen molar-refractivity contribution in [2.75, 3.05) is 7.11 Å². The monoisotopic (exact) mass is 439 g/mol. The number of hydrogen-bond acceptors (Lipinski definition) is 5. The van der Waals surface area contributed by atoms with E-state index in [4.69, 9.17) is 9.47 Å². The quantitative estimate of drug-likeness (QED) is 0.629. The first-order chi connectivity index (χ1) is 12.7. The van der Waals surface area contributed by atoms with Crippen molar-refractivity contribution in [2.24, 2.45) is 5.92 Å². The Morgan fingerprint density at radius 3 is 2.78 bits per heavy atom. The third kappa shape index (κ3) is 3.73. The van der Waals surface area contributed by atoms with E-state index in [1.165, 1.54) is 14.0 Å². The molecule has 0 saturated carbocycles. The fraction of sp³-hybridized carbons (Fsp3) is 0.550. The summed E-state index contributed by atoms with van der Waals surface area (Å²) in [6, 6.07) is 3.52. The number of ether oxygens (including phenoxy) is 2. The van der Waals surface area contributed by atoms with Gasteiger partial charge in [0.25, 0.3) is 0 Å². The van der Waals surface area contributed by atoms with Gasteiger partial charge in [-0.15, -0.1) is 0 Å². The van der Waals surface area contributed by atoms with E-state index >= 15 is 0 Å². The number of phenols is 1. The third-order valence-corrected chi connectivity index (χ3v) is 6.33. The third-order valence-electron chi connectivity index (χ3n) is 5.72. The number of aliphatic hydroxyl groups excluding tert-OH is 1. The van der Waals surface area contributed by atoms with Crippen LogP contribution >= 0.6 is 15.9 Å². The standard InChI is InChI=1S/C20H26BrNO5/c1-10-5-6-13-19(17(10)24)27-16(9-20(13,3)22-11(2)23)12-7-14(21)18(25)15(8-12)26-4/h5,7-8,13,16-17,19,24-25H,6,9H2,1-4H3,(H,22,23)/t13-,16+,17-,19-,20+/m1/s1. The molecule has 5 atom stereocenters. The Balaban J connectivity index is 2.02. The highest BCUT2D eigenvalue weighted by atomic mass is 79.9. The largest absolute Gasteiger partial charge is 0.503 e. The van der Waals surface area contributed by atoms with Gasteiger partial charge in [0.15, 0.2) is 11.5 Å². The molecule has 1 amide bonds. The number of rotatable bonds is 3. The number of halogens is 1. The fourth-order valence-corrected chi connectivity index (χ4v) is 4.75. The molecule has 3 N–H and O–H groups in total. The number of nitrogens with one attached hydrogen (secondary N) is 1. The van der Waals surface area contributed by atoms with E-state index in [2.05, 4.69) is 21.2 Å². The van der Waals surface area contributed by atoms with Crippen LogP contribution in [-0.2, 0) is 9.53 Å². The predicted octanol–water partition coefficient (Wildman–Crippen LogP) is 3.22. The molecule has 7 heteroatoms. The van der Waals surface area contributed by atoms with Gasteiger partial charge in [-0.1, -0.05) is 6.08 Å². The molecule has 0 bridgehead atoms. The van der Waals surface area contributed by atoms with E-state index in [1.54, 1.807) is 12.1 Å². The number of aliphatic hydroxyl groups is 1. The first-order valence-corrected chi connectivity index (χ1v) is 9.81. The van der Waals surface area contributed by atoms with Crippen LogP contribution in [0.15, 0.2) is 28.3 Å². The highest BCUT2D eigenvalue weighted by molar-refractivity contribution is 9.10. The van der Waals surface area contributed by atoms with Crippen LogP contribution < -0.4 is 10.1 Å². The van der Waals surface area contributed by atoms with Gasteiger partial charge >= 0.3 is 0 Å². The van der Waals surface area contributed by atoms with Gasteiger partial charge in [-0.05, 0) is 59.5 Å². The molecule has 1 saturated heterocycles. The topological polar surface area (TPSA) is 88.0 Å². The lowest BCUT2D eigenvalue weighted by Gasteiger charge is -2.52. The summed E-state index contributed by atoms with van der Waals surface area (Å²) in [5.74, 6) is 0.226. The number of hydrogen-bond donors (Lipinski definition) is 3. The molecule has 6 nitrogen and oxygen atoms in total. The van der Waals surface area contributed by atoms with Gasteiger partial charge in [-0.2, -0.15) is 0 Å². The second-order valence-electron chi connectivity index (χ2n) is 7.68. The summed E-state index contributed by atoms with van der Waals surface area (Å²) in [5, 5.41) is 23.9. The van der Waals surface area contributed by atoms with Crippen LogP contribution in [0, 0.1) is 5.92 Å². The molecular weight excluding hydrogens is 414 g/mol. The van der Waals surface area contributed by atoms with Crippen molar-refractivity contribution in [3.8, 4) is 11.5 Å². The Morgan fingerprint density at radius 1 is 1.44 bits per heavy atom. The zero-order chi connectivity index (χ0) is 19.9. The first-order valence-electron chi connectivity index (χ1n) is 9.01. The molecule has 0 spiro atoms. The average Bonchev–Trinajstić information content (AvgIpc) is 2.59. The Labute approximate surface area is 167 Å². The first kappa shape index (κ1) is 20.2. The maximum atomic E-state index is 11.9. The maximum Gasteiger partial charge on any atom is 0.217 e. The number of allylic oxidation sites excluding steroid dienone is 1. The molecule has 1 aromatic rings. The SMILES string of the molecule is COc1cc([C@@H]2C[C@](C)(NC(C)=O)[C@@H]3CC=C(C)[C@@H](O)[C@@H]3O2)cc(Br)c1O. The van der Waals surface area contributed by atoms with Gasteiger partial charge in [0.05, 0.1) is 23.8 Å². The van der Waals surface area contributed by atoms with Gasteiger partial charge in [0, 0.05) is 24.8 Å². The predicted molar refractivity (Wildman–Crippen MR) is 105 cm³/mol. The van der Waals surface area contributed by atoms with Crippen LogP contribution in [0.3, 0.4) is 0 Å². The van der Waals surface area contributed by atoms with Crippen molar-refractivity contribution in [1.29, 1.82) is 0 Å². The van der Waals surface area contributed by atoms with E-state index in [9.17, 15) is 15.0 Å². The fourth-order valence-electron chi connectivity index (χ4n) is 4.29. The van der Waals surface area contributed by atoms with E-state index in [1.807, 2.05) is 19.9 Å². The van der Waals surface area contributed by atoms with Crippen LogP contribution in [0.5, 0.6) is 11.5 Å². The molecule has 1 aliphatic carbocycles. The Kier molecular flexibility index (Phi) is 5.57. The van der Waals surface area contributed by atoms with Crippen molar-refractivity contribution in [3.63, 3.8) is 0 Å². The highest BCUT2D eigenvalue weighted by Crippen LogP contribution is 2.48. The molecule has 0 unspecified atom stereocenters. The summed E-state index contributed by atoms with van der Waals surface area (Å²) in [7, 11) is 1.49. The molecule has 1 heterocycles. The molecule has 1 fully saturated rings. The van der Waals surface area contributed by atoms with Gasteiger partial charge in [0.2, 0.25) is 5.91 Å². The van der Waals surface area contributed by atoms with Crippen LogP contribution in [-0.4, -0.2) is 41.0 Å². The Morgan fingerprint density at radius 2 is 2.15 bits per heavy atom. The van der Waals surface area contributed by atoms with Gasteiger partial charge in [0.1, 0.15) is 6.10 Å². The van der Waals surface area contributed by atoms with Crippen molar-refractivity contribution in [3.05, 3.63) is 33.8 Å². The summed E-state index contributed by atoms with van der Waals surface area (Å²) in [5.41, 5.74) is 1.16. The minimum atomic E-state index is -0.720. The van der Waals surface area contributed by atoms with Crippen LogP contribution in [0.25, 0.3) is 0 Å². The number of phenolic OH excluding ortho intramolecular Hbond substituents is 1. The molecule has 27 heavy (non-hydrogen) atoms. The molecule has 148 valence electrons. The molecule has 0 radical (unpaired) electrons. The minimum absolute atomic E-state index is 0.0241. The van der Waals surface area contributed by atoms with Crippen LogP contribution in [0.1, 0.15) is 45.3 Å². The lowest BCUT2D eigenvalue weighted by molar-refractivity contribution is -0.165. The highest BCUT2D eigenvalue weighted by Gasteiger charge is 2.51. The number of carbonyl (C=O) groups excluding carboxylic acids is 1. The number of benzene rings is 1. The molecule has 1 aliphatic heterocycles. The van der Waals surface area contributed by atoms with Gasteiger partial charge < -0.3 is 25.0 Å². The lowest BCUT2D eigenvalue weighted by atomic mass is 9.68. The van der Waals surface area contributed by atoms with E-state index in [0.717, 1.165) is 17.6 Å². The molecular formula is C20H26BrNO5. The second-order valence-corrected chi connectivity index (χ2v) is 8.54. The van der Waals surface area contributed by atoms with Crippen molar-refractivity contribution < 1.29 is 24.5 Å². The van der Waals surface area contributed by atoms with Gasteiger partial charge in [-0.25, -0.2) is 0 Å². The zero-order valence-corrected chi connectivity index (χ0v) is 17.5. The van der Waals surface area contributed by atoms with Crippen LogP contribution in [0.4, 0.5) is 0 Å².